The minimum absolute atomic E-state index is 0.101. The van der Waals surface area contributed by atoms with Gasteiger partial charge in [-0.1, -0.05) is 19.4 Å². The Morgan fingerprint density at radius 1 is 1.11 bits per heavy atom. The van der Waals surface area contributed by atoms with Crippen LogP contribution in [0.4, 0.5) is 4.79 Å². The summed E-state index contributed by atoms with van der Waals surface area (Å²) >= 11 is 0. The summed E-state index contributed by atoms with van der Waals surface area (Å²) in [6.07, 6.45) is 0.838. The molecule has 0 radical (unpaired) electrons. The van der Waals surface area contributed by atoms with Crippen LogP contribution in [-0.2, 0) is 23.9 Å². The topological polar surface area (TPSA) is 188 Å². The maximum atomic E-state index is 13.5. The van der Waals surface area contributed by atoms with E-state index in [1.165, 1.54) is 20.9 Å². The Bertz CT molecular complexity index is 1490. The molecule has 2 aliphatic heterocycles. The first-order chi connectivity index (χ1) is 22.0. The highest BCUT2D eigenvalue weighted by atomic mass is 16.6. The standard InChI is InChI=1S/C31H40N6O9/c1-4-5-14-45-31(44)36-12-10-35(11-13-36)30(43)22(8-9-28(40)41)33-29(42)24-17-25(21-7-6-19(2)15-23(21)32-24)46-18-27(39)37-20(3)16-26(38)34-37/h6-7,15,17,20,22H,4-5,8-14,16,18H2,1-3H3,(H,33,42)(H,34,38)(H,40,41)/t20?,22-/m0/s1. The van der Waals surface area contributed by atoms with Crippen LogP contribution in [0, 0.1) is 6.92 Å². The molecule has 3 heterocycles. The number of nitrogens with one attached hydrogen (secondary N) is 2. The van der Waals surface area contributed by atoms with Gasteiger partial charge in [-0.05, 0) is 44.4 Å². The third kappa shape index (κ3) is 8.61. The van der Waals surface area contributed by atoms with Crippen molar-refractivity contribution in [2.24, 2.45) is 0 Å². The van der Waals surface area contributed by atoms with Gasteiger partial charge in [0.1, 0.15) is 17.5 Å². The number of aryl methyl sites for hydroxylation is 1. The molecule has 1 unspecified atom stereocenters. The second-order valence-corrected chi connectivity index (χ2v) is 11.4. The summed E-state index contributed by atoms with van der Waals surface area (Å²) in [4.78, 5) is 82.6. The number of hydrogen-bond acceptors (Lipinski definition) is 9. The fraction of sp³-hybridized carbons (Fsp3) is 0.516. The van der Waals surface area contributed by atoms with E-state index >= 15 is 0 Å². The van der Waals surface area contributed by atoms with Gasteiger partial charge < -0.3 is 29.7 Å². The van der Waals surface area contributed by atoms with Gasteiger partial charge in [0.05, 0.1) is 24.6 Å². The Hall–Kier alpha value is -4.95. The van der Waals surface area contributed by atoms with Gasteiger partial charge >= 0.3 is 12.1 Å². The summed E-state index contributed by atoms with van der Waals surface area (Å²) in [6, 6.07) is 5.15. The first kappa shape index (κ1) is 33.9. The number of aliphatic carboxylic acids is 1. The number of hydrogen-bond donors (Lipinski definition) is 3. The number of benzene rings is 1. The number of unbranched alkanes of at least 4 members (excludes halogenated alkanes) is 1. The number of fused-ring (bicyclic) bond motifs is 1. The van der Waals surface area contributed by atoms with E-state index in [4.69, 9.17) is 9.47 Å². The fourth-order valence-corrected chi connectivity index (χ4v) is 5.19. The predicted molar refractivity (Wildman–Crippen MR) is 164 cm³/mol. The Labute approximate surface area is 266 Å². The molecule has 2 fully saturated rings. The molecule has 4 rings (SSSR count). The van der Waals surface area contributed by atoms with Crippen molar-refractivity contribution in [3.8, 4) is 5.75 Å². The first-order valence-corrected chi connectivity index (χ1v) is 15.4. The van der Waals surface area contributed by atoms with Gasteiger partial charge in [-0.25, -0.2) is 14.8 Å². The number of ether oxygens (including phenoxy) is 2. The third-order valence-corrected chi connectivity index (χ3v) is 7.77. The number of carbonyl (C=O) groups is 6. The van der Waals surface area contributed by atoms with Crippen molar-refractivity contribution in [2.45, 2.75) is 65.0 Å². The van der Waals surface area contributed by atoms with E-state index in [2.05, 4.69) is 15.7 Å². The number of aromatic nitrogens is 1. The van der Waals surface area contributed by atoms with Crippen LogP contribution in [0.1, 0.15) is 62.0 Å². The SMILES string of the molecule is CCCCOC(=O)N1CCN(C(=O)[C@H](CCC(=O)O)NC(=O)c2cc(OCC(=O)N3NC(=O)CC3C)c3ccc(C)cc3n2)CC1. The average molecular weight is 641 g/mol. The van der Waals surface area contributed by atoms with Crippen LogP contribution < -0.4 is 15.5 Å². The third-order valence-electron chi connectivity index (χ3n) is 7.77. The number of carboxylic acids is 1. The zero-order valence-corrected chi connectivity index (χ0v) is 26.2. The second kappa shape index (κ2) is 15.4. The smallest absolute Gasteiger partial charge is 0.409 e. The van der Waals surface area contributed by atoms with Crippen LogP contribution in [-0.4, -0.2) is 112 Å². The lowest BCUT2D eigenvalue weighted by Crippen LogP contribution is -2.56. The van der Waals surface area contributed by atoms with Crippen molar-refractivity contribution < 1.29 is 43.3 Å². The Morgan fingerprint density at radius 3 is 2.48 bits per heavy atom. The number of hydrazine groups is 1. The fourth-order valence-electron chi connectivity index (χ4n) is 5.19. The molecule has 2 saturated heterocycles. The Balaban J connectivity index is 1.48. The number of nitrogens with zero attached hydrogens (tertiary/aromatic N) is 4. The number of rotatable bonds is 12. The van der Waals surface area contributed by atoms with Crippen LogP contribution >= 0.6 is 0 Å². The van der Waals surface area contributed by atoms with Gasteiger partial charge in [0.15, 0.2) is 6.61 Å². The van der Waals surface area contributed by atoms with Gasteiger partial charge in [-0.2, -0.15) is 0 Å². The van der Waals surface area contributed by atoms with E-state index in [0.29, 0.717) is 17.5 Å². The van der Waals surface area contributed by atoms with Crippen molar-refractivity contribution in [3.05, 3.63) is 35.5 Å². The van der Waals surface area contributed by atoms with E-state index in [1.807, 2.05) is 19.9 Å². The highest BCUT2D eigenvalue weighted by Gasteiger charge is 2.33. The number of carboxylic acid groups (broad SMARTS) is 1. The molecule has 0 spiro atoms. The lowest BCUT2D eigenvalue weighted by Gasteiger charge is -2.36. The lowest BCUT2D eigenvalue weighted by molar-refractivity contribution is -0.139. The normalized spacial score (nSPS) is 17.0. The molecular weight excluding hydrogens is 600 g/mol. The predicted octanol–water partition coefficient (Wildman–Crippen LogP) is 1.62. The zero-order valence-electron chi connectivity index (χ0n) is 26.2. The number of amides is 5. The summed E-state index contributed by atoms with van der Waals surface area (Å²) in [5, 5.41) is 13.7. The molecular formula is C31H40N6O9. The summed E-state index contributed by atoms with van der Waals surface area (Å²) in [5.41, 5.74) is 3.66. The quantitative estimate of drug-likeness (QED) is 0.288. The van der Waals surface area contributed by atoms with E-state index in [9.17, 15) is 33.9 Å². The molecule has 248 valence electrons. The monoisotopic (exact) mass is 640 g/mol. The molecule has 15 heteroatoms. The van der Waals surface area contributed by atoms with Crippen molar-refractivity contribution >= 4 is 46.6 Å². The second-order valence-electron chi connectivity index (χ2n) is 11.4. The van der Waals surface area contributed by atoms with Crippen LogP contribution in [0.15, 0.2) is 24.3 Å². The Kier molecular flexibility index (Phi) is 11.3. The van der Waals surface area contributed by atoms with E-state index in [1.54, 1.807) is 19.1 Å². The van der Waals surface area contributed by atoms with Gasteiger partial charge in [0.2, 0.25) is 11.8 Å². The van der Waals surface area contributed by atoms with E-state index in [-0.39, 0.29) is 68.8 Å². The minimum Gasteiger partial charge on any atom is -0.483 e. The van der Waals surface area contributed by atoms with Crippen molar-refractivity contribution in [3.63, 3.8) is 0 Å². The summed E-state index contributed by atoms with van der Waals surface area (Å²) in [5.74, 6) is -2.90. The van der Waals surface area contributed by atoms with Crippen LogP contribution in [0.5, 0.6) is 5.75 Å². The molecule has 1 aromatic heterocycles. The highest BCUT2D eigenvalue weighted by molar-refractivity contribution is 5.99. The minimum atomic E-state index is -1.17. The van der Waals surface area contributed by atoms with Crippen molar-refractivity contribution in [2.75, 3.05) is 39.4 Å². The summed E-state index contributed by atoms with van der Waals surface area (Å²) < 4.78 is 11.1. The average Bonchev–Trinajstić information content (AvgIpc) is 3.38. The van der Waals surface area contributed by atoms with Gasteiger partial charge in [-0.15, -0.1) is 0 Å². The Morgan fingerprint density at radius 2 is 1.83 bits per heavy atom. The molecule has 2 aromatic rings. The van der Waals surface area contributed by atoms with Crippen molar-refractivity contribution in [1.29, 1.82) is 0 Å². The highest BCUT2D eigenvalue weighted by Crippen LogP contribution is 2.27. The molecule has 0 aliphatic carbocycles. The molecule has 2 atom stereocenters. The molecule has 2 aliphatic rings. The summed E-state index contributed by atoms with van der Waals surface area (Å²) in [6.45, 7) is 6.32. The molecule has 5 amide bonds. The maximum Gasteiger partial charge on any atom is 0.409 e. The van der Waals surface area contributed by atoms with Gasteiger partial charge in [0, 0.05) is 44.1 Å². The van der Waals surface area contributed by atoms with Crippen LogP contribution in [0.3, 0.4) is 0 Å². The largest absolute Gasteiger partial charge is 0.483 e. The molecule has 46 heavy (non-hydrogen) atoms. The van der Waals surface area contributed by atoms with Crippen molar-refractivity contribution in [1.82, 2.24) is 30.5 Å². The zero-order chi connectivity index (χ0) is 33.4. The lowest BCUT2D eigenvalue weighted by atomic mass is 10.1. The molecule has 0 saturated carbocycles. The van der Waals surface area contributed by atoms with Gasteiger partial charge in [0.25, 0.3) is 11.8 Å². The number of pyridine rings is 1. The van der Waals surface area contributed by atoms with Crippen LogP contribution in [0.25, 0.3) is 10.9 Å². The van der Waals surface area contributed by atoms with Gasteiger partial charge in [-0.3, -0.25) is 29.4 Å². The summed E-state index contributed by atoms with van der Waals surface area (Å²) in [7, 11) is 0. The molecule has 1 aromatic carbocycles. The molecule has 0 bridgehead atoms. The first-order valence-electron chi connectivity index (χ1n) is 15.4. The van der Waals surface area contributed by atoms with E-state index in [0.717, 1.165) is 18.4 Å². The number of carbonyl (C=O) groups excluding carboxylic acids is 5. The maximum absolute atomic E-state index is 13.5. The molecule has 3 N–H and O–H groups in total. The van der Waals surface area contributed by atoms with E-state index < -0.39 is 42.4 Å². The number of piperazine rings is 1. The van der Waals surface area contributed by atoms with Crippen LogP contribution in [0.2, 0.25) is 0 Å². The molecule has 15 nitrogen and oxygen atoms in total.